The molecule has 0 aromatic rings. The van der Waals surface area contributed by atoms with E-state index in [-0.39, 0.29) is 11.8 Å². The second-order valence-corrected chi connectivity index (χ2v) is 6.22. The molecule has 1 saturated carbocycles. The molecule has 4 nitrogen and oxygen atoms in total. The van der Waals surface area contributed by atoms with Gasteiger partial charge in [0.1, 0.15) is 0 Å². The minimum atomic E-state index is 0.217. The zero-order valence-electron chi connectivity index (χ0n) is 11.2. The number of amides is 1. The first-order valence-electron chi connectivity index (χ1n) is 7.55. The van der Waals surface area contributed by atoms with Crippen LogP contribution in [0.4, 0.5) is 0 Å². The Balaban J connectivity index is 1.37. The summed E-state index contributed by atoms with van der Waals surface area (Å²) in [6, 6.07) is 0.425. The zero-order valence-corrected chi connectivity index (χ0v) is 11.2. The van der Waals surface area contributed by atoms with Crippen molar-refractivity contribution in [3.05, 3.63) is 0 Å². The Bertz CT molecular complexity index is 289. The van der Waals surface area contributed by atoms with Gasteiger partial charge in [-0.2, -0.15) is 0 Å². The number of piperidine rings is 1. The van der Waals surface area contributed by atoms with Crippen LogP contribution in [0.25, 0.3) is 0 Å². The Labute approximate surface area is 109 Å². The summed E-state index contributed by atoms with van der Waals surface area (Å²) in [5, 5.41) is 6.50. The van der Waals surface area contributed by atoms with Crippen LogP contribution in [0.1, 0.15) is 32.1 Å². The number of nitrogens with zero attached hydrogens (tertiary/aromatic N) is 1. The Morgan fingerprint density at radius 1 is 1.17 bits per heavy atom. The minimum absolute atomic E-state index is 0.217. The second kappa shape index (κ2) is 5.57. The first-order valence-corrected chi connectivity index (χ1v) is 7.55. The van der Waals surface area contributed by atoms with Crippen molar-refractivity contribution in [2.45, 2.75) is 38.1 Å². The predicted octanol–water partition coefficient (Wildman–Crippen LogP) is 0.587. The number of nitrogens with one attached hydrogen (secondary N) is 2. The predicted molar refractivity (Wildman–Crippen MR) is 71.3 cm³/mol. The largest absolute Gasteiger partial charge is 0.353 e. The molecule has 3 fully saturated rings. The number of carbonyl (C=O) groups excluding carboxylic acids is 1. The van der Waals surface area contributed by atoms with Gasteiger partial charge in [-0.05, 0) is 44.6 Å². The van der Waals surface area contributed by atoms with Crippen LogP contribution in [0.5, 0.6) is 0 Å². The Morgan fingerprint density at radius 3 is 2.56 bits per heavy atom. The molecular formula is C14H25N3O. The molecule has 2 heterocycles. The molecule has 102 valence electrons. The molecule has 1 unspecified atom stereocenters. The smallest absolute Gasteiger partial charge is 0.224 e. The van der Waals surface area contributed by atoms with E-state index >= 15 is 0 Å². The van der Waals surface area contributed by atoms with Crippen LogP contribution in [-0.2, 0) is 4.79 Å². The van der Waals surface area contributed by atoms with Gasteiger partial charge in [-0.1, -0.05) is 0 Å². The molecule has 2 N–H and O–H groups in total. The highest BCUT2D eigenvalue weighted by Crippen LogP contribution is 2.30. The van der Waals surface area contributed by atoms with Crippen LogP contribution in [0.2, 0.25) is 0 Å². The van der Waals surface area contributed by atoms with Gasteiger partial charge in [0.2, 0.25) is 5.91 Å². The number of carbonyl (C=O) groups is 1. The molecule has 0 spiro atoms. The van der Waals surface area contributed by atoms with E-state index in [4.69, 9.17) is 0 Å². The zero-order chi connectivity index (χ0) is 12.4. The van der Waals surface area contributed by atoms with Crippen molar-refractivity contribution in [2.24, 2.45) is 11.8 Å². The Kier molecular flexibility index (Phi) is 3.85. The monoisotopic (exact) mass is 251 g/mol. The number of likely N-dealkylation sites (tertiary alicyclic amines) is 1. The maximum Gasteiger partial charge on any atom is 0.224 e. The van der Waals surface area contributed by atoms with E-state index in [0.717, 1.165) is 38.3 Å². The van der Waals surface area contributed by atoms with Gasteiger partial charge in [-0.25, -0.2) is 0 Å². The molecule has 1 aliphatic carbocycles. The van der Waals surface area contributed by atoms with Crippen LogP contribution >= 0.6 is 0 Å². The molecule has 0 radical (unpaired) electrons. The lowest BCUT2D eigenvalue weighted by atomic mass is 10.0. The van der Waals surface area contributed by atoms with Gasteiger partial charge in [0.05, 0.1) is 5.92 Å². The quantitative estimate of drug-likeness (QED) is 0.768. The molecule has 1 atom stereocenters. The molecule has 3 rings (SSSR count). The van der Waals surface area contributed by atoms with E-state index < -0.39 is 0 Å². The third kappa shape index (κ3) is 3.23. The van der Waals surface area contributed by atoms with Crippen molar-refractivity contribution >= 4 is 5.91 Å². The van der Waals surface area contributed by atoms with E-state index in [1.165, 1.54) is 32.5 Å². The van der Waals surface area contributed by atoms with E-state index in [9.17, 15) is 4.79 Å². The molecule has 2 aliphatic heterocycles. The Hall–Kier alpha value is -0.610. The van der Waals surface area contributed by atoms with Gasteiger partial charge in [0, 0.05) is 32.2 Å². The average Bonchev–Trinajstić information content (AvgIpc) is 3.02. The van der Waals surface area contributed by atoms with Crippen molar-refractivity contribution in [1.82, 2.24) is 15.5 Å². The topological polar surface area (TPSA) is 44.4 Å². The summed E-state index contributed by atoms with van der Waals surface area (Å²) in [5.41, 5.74) is 0. The summed E-state index contributed by atoms with van der Waals surface area (Å²) < 4.78 is 0. The fourth-order valence-corrected chi connectivity index (χ4v) is 3.12. The van der Waals surface area contributed by atoms with Crippen LogP contribution in [0.3, 0.4) is 0 Å². The molecule has 0 aromatic heterocycles. The highest BCUT2D eigenvalue weighted by atomic mass is 16.2. The number of hydrogen-bond donors (Lipinski definition) is 2. The van der Waals surface area contributed by atoms with Crippen LogP contribution < -0.4 is 10.6 Å². The van der Waals surface area contributed by atoms with Crippen molar-refractivity contribution in [3.63, 3.8) is 0 Å². The second-order valence-electron chi connectivity index (χ2n) is 6.22. The molecule has 2 saturated heterocycles. The molecule has 0 aromatic carbocycles. The summed E-state index contributed by atoms with van der Waals surface area (Å²) in [7, 11) is 0. The summed E-state index contributed by atoms with van der Waals surface area (Å²) in [6.07, 6.45) is 6.15. The molecule has 3 aliphatic rings. The van der Waals surface area contributed by atoms with Gasteiger partial charge in [-0.15, -0.1) is 0 Å². The fourth-order valence-electron chi connectivity index (χ4n) is 3.12. The summed E-state index contributed by atoms with van der Waals surface area (Å²) in [5.74, 6) is 1.48. The molecule has 0 bridgehead atoms. The van der Waals surface area contributed by atoms with E-state index in [1.807, 2.05) is 0 Å². The van der Waals surface area contributed by atoms with Gasteiger partial charge in [-0.3, -0.25) is 4.79 Å². The van der Waals surface area contributed by atoms with Gasteiger partial charge in [0.25, 0.3) is 0 Å². The van der Waals surface area contributed by atoms with Crippen molar-refractivity contribution in [1.29, 1.82) is 0 Å². The minimum Gasteiger partial charge on any atom is -0.353 e. The van der Waals surface area contributed by atoms with Crippen molar-refractivity contribution < 1.29 is 4.79 Å². The van der Waals surface area contributed by atoms with Crippen LogP contribution in [-0.4, -0.2) is 49.6 Å². The lowest BCUT2D eigenvalue weighted by Gasteiger charge is -2.32. The standard InChI is InChI=1S/C14H25N3O/c18-14(12-3-6-15-9-12)16-13-4-7-17(8-5-13)10-11-1-2-11/h11-13,15H,1-10H2,(H,16,18). The van der Waals surface area contributed by atoms with Gasteiger partial charge in [0.15, 0.2) is 0 Å². The number of hydrogen-bond acceptors (Lipinski definition) is 3. The van der Waals surface area contributed by atoms with E-state index in [1.54, 1.807) is 0 Å². The maximum atomic E-state index is 12.0. The van der Waals surface area contributed by atoms with E-state index in [2.05, 4.69) is 15.5 Å². The summed E-state index contributed by atoms with van der Waals surface area (Å²) >= 11 is 0. The van der Waals surface area contributed by atoms with E-state index in [0.29, 0.717) is 6.04 Å². The van der Waals surface area contributed by atoms with Gasteiger partial charge < -0.3 is 15.5 Å². The molecule has 18 heavy (non-hydrogen) atoms. The first kappa shape index (κ1) is 12.4. The van der Waals surface area contributed by atoms with Gasteiger partial charge >= 0.3 is 0 Å². The highest BCUT2D eigenvalue weighted by molar-refractivity contribution is 5.79. The third-order valence-electron chi connectivity index (χ3n) is 4.58. The third-order valence-corrected chi connectivity index (χ3v) is 4.58. The summed E-state index contributed by atoms with van der Waals surface area (Å²) in [4.78, 5) is 14.6. The first-order chi connectivity index (χ1) is 8.81. The van der Waals surface area contributed by atoms with Crippen molar-refractivity contribution in [3.8, 4) is 0 Å². The van der Waals surface area contributed by atoms with Crippen LogP contribution in [0, 0.1) is 11.8 Å². The number of rotatable bonds is 4. The SMILES string of the molecule is O=C(NC1CCN(CC2CC2)CC1)C1CCNC1. The normalized spacial score (nSPS) is 30.6. The average molecular weight is 251 g/mol. The molecular weight excluding hydrogens is 226 g/mol. The fraction of sp³-hybridized carbons (Fsp3) is 0.929. The van der Waals surface area contributed by atoms with Crippen molar-refractivity contribution in [2.75, 3.05) is 32.7 Å². The lowest BCUT2D eigenvalue weighted by Crippen LogP contribution is -2.47. The maximum absolute atomic E-state index is 12.0. The summed E-state index contributed by atoms with van der Waals surface area (Å²) in [6.45, 7) is 5.51. The Morgan fingerprint density at radius 2 is 1.94 bits per heavy atom. The molecule has 4 heteroatoms. The highest BCUT2D eigenvalue weighted by Gasteiger charge is 2.29. The molecule has 1 amide bonds. The lowest BCUT2D eigenvalue weighted by molar-refractivity contribution is -0.125. The van der Waals surface area contributed by atoms with Crippen LogP contribution in [0.15, 0.2) is 0 Å².